The van der Waals surface area contributed by atoms with E-state index in [0.717, 1.165) is 0 Å². The number of hydrogen-bond donors (Lipinski definition) is 0. The van der Waals surface area contributed by atoms with E-state index in [0.29, 0.717) is 11.1 Å². The van der Waals surface area contributed by atoms with Crippen LogP contribution in [-0.4, -0.2) is 29.9 Å². The van der Waals surface area contributed by atoms with E-state index < -0.39 is 6.67 Å². The van der Waals surface area contributed by atoms with Crippen molar-refractivity contribution in [3.63, 3.8) is 0 Å². The highest BCUT2D eigenvalue weighted by atomic mass is 35.5. The molecule has 0 aliphatic carbocycles. The van der Waals surface area contributed by atoms with Crippen LogP contribution in [0.15, 0.2) is 18.2 Å². The largest absolute Gasteiger partial charge is 0.337 e. The zero-order valence-corrected chi connectivity index (χ0v) is 11.0. The SMILES string of the molecule is Cc1cccc(CN(CCCF)C(=O)CCl)c1F. The lowest BCUT2D eigenvalue weighted by Gasteiger charge is -2.22. The summed E-state index contributed by atoms with van der Waals surface area (Å²) in [6.45, 7) is 1.52. The number of nitrogens with zero attached hydrogens (tertiary/aromatic N) is 1. The summed E-state index contributed by atoms with van der Waals surface area (Å²) in [5, 5.41) is 0. The Morgan fingerprint density at radius 3 is 2.78 bits per heavy atom. The van der Waals surface area contributed by atoms with Gasteiger partial charge in [-0.15, -0.1) is 11.6 Å². The Hall–Kier alpha value is -1.16. The fourth-order valence-corrected chi connectivity index (χ4v) is 1.83. The van der Waals surface area contributed by atoms with Gasteiger partial charge in [0.05, 0.1) is 6.67 Å². The van der Waals surface area contributed by atoms with E-state index in [9.17, 15) is 13.6 Å². The van der Waals surface area contributed by atoms with Gasteiger partial charge in [-0.2, -0.15) is 0 Å². The first-order valence-corrected chi connectivity index (χ1v) is 6.27. The van der Waals surface area contributed by atoms with Crippen molar-refractivity contribution in [2.75, 3.05) is 19.1 Å². The Labute approximate surface area is 111 Å². The molecule has 1 amide bonds. The zero-order chi connectivity index (χ0) is 13.5. The Morgan fingerprint density at radius 2 is 2.17 bits per heavy atom. The van der Waals surface area contributed by atoms with Crippen LogP contribution >= 0.6 is 11.6 Å². The summed E-state index contributed by atoms with van der Waals surface area (Å²) >= 11 is 5.48. The van der Waals surface area contributed by atoms with Crippen molar-refractivity contribution in [3.8, 4) is 0 Å². The predicted octanol–water partition coefficient (Wildman–Crippen LogP) is 3.06. The molecule has 0 aromatic heterocycles. The Bertz CT molecular complexity index is 412. The molecule has 1 rings (SSSR count). The van der Waals surface area contributed by atoms with Crippen LogP contribution in [0.1, 0.15) is 17.5 Å². The molecule has 0 fully saturated rings. The normalized spacial score (nSPS) is 10.4. The van der Waals surface area contributed by atoms with Crippen LogP contribution in [0.4, 0.5) is 8.78 Å². The molecule has 0 saturated heterocycles. The first-order chi connectivity index (χ1) is 8.60. The van der Waals surface area contributed by atoms with Gasteiger partial charge in [0.25, 0.3) is 0 Å². The van der Waals surface area contributed by atoms with E-state index in [-0.39, 0.29) is 37.1 Å². The fraction of sp³-hybridized carbons (Fsp3) is 0.462. The predicted molar refractivity (Wildman–Crippen MR) is 67.9 cm³/mol. The third kappa shape index (κ3) is 3.95. The van der Waals surface area contributed by atoms with Crippen molar-refractivity contribution in [1.29, 1.82) is 0 Å². The summed E-state index contributed by atoms with van der Waals surface area (Å²) in [5.41, 5.74) is 0.948. The molecule has 0 heterocycles. The van der Waals surface area contributed by atoms with Crippen LogP contribution in [0.5, 0.6) is 0 Å². The highest BCUT2D eigenvalue weighted by Gasteiger charge is 2.15. The van der Waals surface area contributed by atoms with Gasteiger partial charge in [-0.3, -0.25) is 9.18 Å². The van der Waals surface area contributed by atoms with E-state index in [1.165, 1.54) is 4.90 Å². The van der Waals surface area contributed by atoms with Gasteiger partial charge in [0, 0.05) is 18.7 Å². The van der Waals surface area contributed by atoms with Crippen molar-refractivity contribution < 1.29 is 13.6 Å². The van der Waals surface area contributed by atoms with Crippen LogP contribution in [0.3, 0.4) is 0 Å². The van der Waals surface area contributed by atoms with Crippen LogP contribution in [0.25, 0.3) is 0 Å². The lowest BCUT2D eigenvalue weighted by molar-refractivity contribution is -0.129. The average molecular weight is 276 g/mol. The Kier molecular flexibility index (Phi) is 6.05. The highest BCUT2D eigenvalue weighted by molar-refractivity contribution is 6.27. The Morgan fingerprint density at radius 1 is 1.44 bits per heavy atom. The number of hydrogen-bond acceptors (Lipinski definition) is 1. The number of rotatable bonds is 6. The lowest BCUT2D eigenvalue weighted by Crippen LogP contribution is -2.33. The maximum Gasteiger partial charge on any atom is 0.237 e. The standard InChI is InChI=1S/C13H16ClF2NO/c1-10-4-2-5-11(13(10)16)9-17(7-3-6-15)12(18)8-14/h2,4-5H,3,6-9H2,1H3. The van der Waals surface area contributed by atoms with Crippen LogP contribution in [0.2, 0.25) is 0 Å². The maximum atomic E-state index is 13.8. The van der Waals surface area contributed by atoms with Gasteiger partial charge in [0.15, 0.2) is 0 Å². The molecule has 0 aliphatic rings. The number of carbonyl (C=O) groups excluding carboxylic acids is 1. The Balaban J connectivity index is 2.81. The van der Waals surface area contributed by atoms with Gasteiger partial charge in [-0.25, -0.2) is 4.39 Å². The molecule has 0 bridgehead atoms. The van der Waals surface area contributed by atoms with Crippen LogP contribution in [0, 0.1) is 12.7 Å². The van der Waals surface area contributed by atoms with Crippen molar-refractivity contribution in [2.24, 2.45) is 0 Å². The molecular weight excluding hydrogens is 260 g/mol. The maximum absolute atomic E-state index is 13.8. The van der Waals surface area contributed by atoms with Gasteiger partial charge in [-0.05, 0) is 18.9 Å². The van der Waals surface area contributed by atoms with Crippen molar-refractivity contribution in [2.45, 2.75) is 19.9 Å². The molecule has 0 N–H and O–H groups in total. The molecule has 0 atom stereocenters. The van der Waals surface area contributed by atoms with Crippen molar-refractivity contribution in [1.82, 2.24) is 4.90 Å². The number of amides is 1. The zero-order valence-electron chi connectivity index (χ0n) is 10.3. The molecule has 2 nitrogen and oxygen atoms in total. The van der Waals surface area contributed by atoms with E-state index in [4.69, 9.17) is 11.6 Å². The molecule has 18 heavy (non-hydrogen) atoms. The molecule has 100 valence electrons. The summed E-state index contributed by atoms with van der Waals surface area (Å²) < 4.78 is 26.0. The minimum atomic E-state index is -0.512. The first kappa shape index (κ1) is 14.9. The number of carbonyl (C=O) groups is 1. The molecule has 0 saturated carbocycles. The topological polar surface area (TPSA) is 20.3 Å². The minimum Gasteiger partial charge on any atom is -0.337 e. The van der Waals surface area contributed by atoms with E-state index >= 15 is 0 Å². The molecule has 0 unspecified atom stereocenters. The molecule has 0 aliphatic heterocycles. The fourth-order valence-electron chi connectivity index (χ4n) is 1.66. The third-order valence-corrected chi connectivity index (χ3v) is 2.89. The van der Waals surface area contributed by atoms with Crippen molar-refractivity contribution in [3.05, 3.63) is 35.1 Å². The van der Waals surface area contributed by atoms with E-state index in [2.05, 4.69) is 0 Å². The lowest BCUT2D eigenvalue weighted by atomic mass is 10.1. The molecule has 1 aromatic rings. The highest BCUT2D eigenvalue weighted by Crippen LogP contribution is 2.14. The number of benzene rings is 1. The molecular formula is C13H16ClF2NO. The van der Waals surface area contributed by atoms with Gasteiger partial charge in [-0.1, -0.05) is 18.2 Å². The quantitative estimate of drug-likeness (QED) is 0.731. The molecule has 1 aromatic carbocycles. The van der Waals surface area contributed by atoms with Gasteiger partial charge in [0.2, 0.25) is 5.91 Å². The molecule has 0 spiro atoms. The van der Waals surface area contributed by atoms with E-state index in [1.54, 1.807) is 25.1 Å². The van der Waals surface area contributed by atoms with Gasteiger partial charge in [0.1, 0.15) is 11.7 Å². The summed E-state index contributed by atoms with van der Waals surface area (Å²) in [4.78, 5) is 12.9. The number of halogens is 3. The minimum absolute atomic E-state index is 0.124. The van der Waals surface area contributed by atoms with Crippen molar-refractivity contribution >= 4 is 17.5 Å². The second kappa shape index (κ2) is 7.31. The summed E-state index contributed by atoms with van der Waals surface area (Å²) in [6, 6.07) is 5.01. The first-order valence-electron chi connectivity index (χ1n) is 5.73. The second-order valence-electron chi connectivity index (χ2n) is 4.04. The summed E-state index contributed by atoms with van der Waals surface area (Å²) in [5.74, 6) is -0.823. The summed E-state index contributed by atoms with van der Waals surface area (Å²) in [6.07, 6.45) is 0.232. The monoisotopic (exact) mass is 275 g/mol. The number of alkyl halides is 2. The van der Waals surface area contributed by atoms with Gasteiger partial charge >= 0.3 is 0 Å². The van der Waals surface area contributed by atoms with E-state index in [1.807, 2.05) is 0 Å². The smallest absolute Gasteiger partial charge is 0.237 e. The van der Waals surface area contributed by atoms with Gasteiger partial charge < -0.3 is 4.90 Å². The molecule has 5 heteroatoms. The summed E-state index contributed by atoms with van der Waals surface area (Å²) in [7, 11) is 0. The van der Waals surface area contributed by atoms with Crippen LogP contribution in [-0.2, 0) is 11.3 Å². The second-order valence-corrected chi connectivity index (χ2v) is 4.31. The number of aryl methyl sites for hydroxylation is 1. The molecule has 0 radical (unpaired) electrons. The van der Waals surface area contributed by atoms with Crippen LogP contribution < -0.4 is 0 Å². The third-order valence-electron chi connectivity index (χ3n) is 2.66. The average Bonchev–Trinajstić information content (AvgIpc) is 2.38.